The minimum Gasteiger partial charge on any atom is -0.329 e. The Kier molecular flexibility index (Phi) is 6.08. The molecule has 0 radical (unpaired) electrons. The molecule has 0 aliphatic carbocycles. The second-order valence-corrected chi connectivity index (χ2v) is 7.43. The third kappa shape index (κ3) is 4.33. The molecule has 0 aliphatic rings. The lowest BCUT2D eigenvalue weighted by atomic mass is 10.1. The van der Waals surface area contributed by atoms with Crippen molar-refractivity contribution >= 4 is 37.3 Å². The van der Waals surface area contributed by atoms with Gasteiger partial charge in [-0.2, -0.15) is 0 Å². The first kappa shape index (κ1) is 15.1. The molecule has 7 heteroatoms. The van der Waals surface area contributed by atoms with E-state index in [0.717, 1.165) is 19.3 Å². The van der Waals surface area contributed by atoms with Crippen molar-refractivity contribution in [3.05, 3.63) is 15.9 Å². The van der Waals surface area contributed by atoms with Crippen LogP contribution in [0.25, 0.3) is 0 Å². The SMILES string of the molecule is CCCC[C@@H](CN)NS(=O)(=O)c1sccc1Br. The van der Waals surface area contributed by atoms with Crippen molar-refractivity contribution in [3.63, 3.8) is 0 Å². The summed E-state index contributed by atoms with van der Waals surface area (Å²) in [6, 6.07) is 1.54. The van der Waals surface area contributed by atoms with E-state index in [1.165, 1.54) is 11.3 Å². The van der Waals surface area contributed by atoms with Crippen LogP contribution in [0.4, 0.5) is 0 Å². The summed E-state index contributed by atoms with van der Waals surface area (Å²) in [6.45, 7) is 2.39. The van der Waals surface area contributed by atoms with Crippen molar-refractivity contribution in [1.82, 2.24) is 4.72 Å². The number of nitrogens with one attached hydrogen (secondary N) is 1. The molecular weight excluding hydrogens is 324 g/mol. The fraction of sp³-hybridized carbons (Fsp3) is 0.600. The number of hydrogen-bond donors (Lipinski definition) is 2. The summed E-state index contributed by atoms with van der Waals surface area (Å²) < 4.78 is 27.7. The van der Waals surface area contributed by atoms with Gasteiger partial charge in [0.05, 0.1) is 0 Å². The van der Waals surface area contributed by atoms with Crippen molar-refractivity contribution in [1.29, 1.82) is 0 Å². The minimum atomic E-state index is -3.45. The molecule has 0 saturated heterocycles. The Morgan fingerprint density at radius 3 is 2.76 bits per heavy atom. The van der Waals surface area contributed by atoms with Crippen molar-refractivity contribution < 1.29 is 8.42 Å². The van der Waals surface area contributed by atoms with Crippen LogP contribution in [0.5, 0.6) is 0 Å². The van der Waals surface area contributed by atoms with E-state index in [0.29, 0.717) is 15.2 Å². The van der Waals surface area contributed by atoms with Crippen LogP contribution in [-0.4, -0.2) is 21.0 Å². The molecule has 0 unspecified atom stereocenters. The molecule has 0 bridgehead atoms. The zero-order chi connectivity index (χ0) is 12.9. The van der Waals surface area contributed by atoms with E-state index in [4.69, 9.17) is 5.73 Å². The summed E-state index contributed by atoms with van der Waals surface area (Å²) in [6.07, 6.45) is 2.77. The Morgan fingerprint density at radius 2 is 2.29 bits per heavy atom. The van der Waals surface area contributed by atoms with Crippen molar-refractivity contribution in [2.24, 2.45) is 5.73 Å². The van der Waals surface area contributed by atoms with Gasteiger partial charge in [0.25, 0.3) is 10.0 Å². The Morgan fingerprint density at radius 1 is 1.59 bits per heavy atom. The normalized spacial score (nSPS) is 13.8. The van der Waals surface area contributed by atoms with Gasteiger partial charge in [0.2, 0.25) is 0 Å². The molecule has 17 heavy (non-hydrogen) atoms. The molecule has 1 rings (SSSR count). The van der Waals surface area contributed by atoms with Crippen molar-refractivity contribution in [3.8, 4) is 0 Å². The maximum atomic E-state index is 12.1. The van der Waals surface area contributed by atoms with Gasteiger partial charge in [0, 0.05) is 17.1 Å². The van der Waals surface area contributed by atoms with E-state index in [9.17, 15) is 8.42 Å². The number of halogens is 1. The van der Waals surface area contributed by atoms with E-state index >= 15 is 0 Å². The van der Waals surface area contributed by atoms with Gasteiger partial charge >= 0.3 is 0 Å². The van der Waals surface area contributed by atoms with Gasteiger partial charge in [-0.3, -0.25) is 0 Å². The van der Waals surface area contributed by atoms with Gasteiger partial charge in [-0.1, -0.05) is 19.8 Å². The van der Waals surface area contributed by atoms with E-state index in [-0.39, 0.29) is 6.04 Å². The van der Waals surface area contributed by atoms with Gasteiger partial charge in [0.15, 0.2) is 0 Å². The third-order valence-corrected chi connectivity index (χ3v) is 6.53. The van der Waals surface area contributed by atoms with Crippen LogP contribution in [0.3, 0.4) is 0 Å². The maximum Gasteiger partial charge on any atom is 0.251 e. The van der Waals surface area contributed by atoms with Gasteiger partial charge in [-0.05, 0) is 33.8 Å². The van der Waals surface area contributed by atoms with Gasteiger partial charge in [0.1, 0.15) is 4.21 Å². The highest BCUT2D eigenvalue weighted by atomic mass is 79.9. The molecule has 0 aliphatic heterocycles. The van der Waals surface area contributed by atoms with Crippen LogP contribution in [-0.2, 0) is 10.0 Å². The van der Waals surface area contributed by atoms with Crippen LogP contribution in [0.2, 0.25) is 0 Å². The predicted octanol–water partition coefficient (Wildman–Crippen LogP) is 2.31. The fourth-order valence-corrected chi connectivity index (χ4v) is 5.06. The summed E-state index contributed by atoms with van der Waals surface area (Å²) in [7, 11) is -3.45. The molecule has 0 amide bonds. The molecule has 1 atom stereocenters. The molecule has 4 nitrogen and oxygen atoms in total. The van der Waals surface area contributed by atoms with Gasteiger partial charge in [-0.15, -0.1) is 11.3 Å². The quantitative estimate of drug-likeness (QED) is 0.799. The largest absolute Gasteiger partial charge is 0.329 e. The van der Waals surface area contributed by atoms with Gasteiger partial charge < -0.3 is 5.73 Å². The molecular formula is C10H17BrN2O2S2. The Labute approximate surface area is 115 Å². The van der Waals surface area contributed by atoms with E-state index in [2.05, 4.69) is 27.6 Å². The van der Waals surface area contributed by atoms with Crippen molar-refractivity contribution in [2.45, 2.75) is 36.4 Å². The summed E-state index contributed by atoms with van der Waals surface area (Å²) in [4.78, 5) is 0. The summed E-state index contributed by atoms with van der Waals surface area (Å²) in [5.41, 5.74) is 5.58. The second-order valence-electron chi connectivity index (χ2n) is 3.75. The molecule has 0 spiro atoms. The topological polar surface area (TPSA) is 72.2 Å². The van der Waals surface area contributed by atoms with Crippen molar-refractivity contribution in [2.75, 3.05) is 6.54 Å². The second kappa shape index (κ2) is 6.84. The molecule has 0 saturated carbocycles. The lowest BCUT2D eigenvalue weighted by Gasteiger charge is -2.16. The Bertz CT molecular complexity index is 445. The zero-order valence-electron chi connectivity index (χ0n) is 9.65. The first-order valence-corrected chi connectivity index (χ1v) is 8.62. The molecule has 3 N–H and O–H groups in total. The Balaban J connectivity index is 2.75. The number of unbranched alkanes of at least 4 members (excludes halogenated alkanes) is 1. The molecule has 1 heterocycles. The van der Waals surface area contributed by atoms with E-state index in [1.54, 1.807) is 11.4 Å². The lowest BCUT2D eigenvalue weighted by molar-refractivity contribution is 0.517. The number of thiophene rings is 1. The summed E-state index contributed by atoms with van der Waals surface area (Å²) >= 11 is 4.42. The number of sulfonamides is 1. The van der Waals surface area contributed by atoms with Crippen LogP contribution in [0.15, 0.2) is 20.1 Å². The van der Waals surface area contributed by atoms with Crippen LogP contribution < -0.4 is 10.5 Å². The third-order valence-electron chi connectivity index (χ3n) is 2.34. The monoisotopic (exact) mass is 340 g/mol. The fourth-order valence-electron chi connectivity index (χ4n) is 1.42. The molecule has 98 valence electrons. The average Bonchev–Trinajstić information content (AvgIpc) is 2.71. The molecule has 1 aromatic rings. The van der Waals surface area contributed by atoms with E-state index < -0.39 is 10.0 Å². The first-order chi connectivity index (χ1) is 8.01. The number of rotatable bonds is 7. The van der Waals surface area contributed by atoms with Crippen LogP contribution in [0.1, 0.15) is 26.2 Å². The molecule has 0 aromatic carbocycles. The summed E-state index contributed by atoms with van der Waals surface area (Å²) in [5, 5.41) is 1.74. The maximum absolute atomic E-state index is 12.1. The standard InChI is InChI=1S/C10H17BrN2O2S2/c1-2-3-4-8(7-12)13-17(14,15)10-9(11)5-6-16-10/h5-6,8,13H,2-4,7,12H2,1H3/t8-/m0/s1. The van der Waals surface area contributed by atoms with Gasteiger partial charge in [-0.25, -0.2) is 13.1 Å². The number of nitrogens with two attached hydrogens (primary N) is 1. The average molecular weight is 341 g/mol. The first-order valence-electron chi connectivity index (χ1n) is 5.46. The van der Waals surface area contributed by atoms with Crippen LogP contribution in [0, 0.1) is 0 Å². The highest BCUT2D eigenvalue weighted by Gasteiger charge is 2.22. The zero-order valence-corrected chi connectivity index (χ0v) is 12.9. The highest BCUT2D eigenvalue weighted by molar-refractivity contribution is 9.10. The van der Waals surface area contributed by atoms with E-state index in [1.807, 2.05) is 0 Å². The highest BCUT2D eigenvalue weighted by Crippen LogP contribution is 2.27. The minimum absolute atomic E-state index is 0.186. The molecule has 1 aromatic heterocycles. The van der Waals surface area contributed by atoms with Crippen LogP contribution >= 0.6 is 27.3 Å². The smallest absolute Gasteiger partial charge is 0.251 e. The molecule has 0 fully saturated rings. The number of hydrogen-bond acceptors (Lipinski definition) is 4. The lowest BCUT2D eigenvalue weighted by Crippen LogP contribution is -2.39. The summed E-state index contributed by atoms with van der Waals surface area (Å²) in [5.74, 6) is 0. The Hall–Kier alpha value is 0.0500. The predicted molar refractivity (Wildman–Crippen MR) is 74.7 cm³/mol.